The average molecular weight is 509 g/mol. The number of oxazole rings is 1. The quantitative estimate of drug-likeness (QED) is 0.604. The molecular weight excluding hydrogens is 496 g/mol. The van der Waals surface area contributed by atoms with Crippen molar-refractivity contribution in [3.8, 4) is 0 Å². The zero-order valence-electron chi connectivity index (χ0n) is 12.4. The van der Waals surface area contributed by atoms with Gasteiger partial charge in [0, 0.05) is 55.8 Å². The summed E-state index contributed by atoms with van der Waals surface area (Å²) in [6.45, 7) is 0. The molecule has 141 valence electrons. The van der Waals surface area contributed by atoms with Gasteiger partial charge in [0.25, 0.3) is 0 Å². The predicted octanol–water partition coefficient (Wildman–Crippen LogP) is 3.74. The molecule has 0 saturated carbocycles. The van der Waals surface area contributed by atoms with E-state index >= 15 is 0 Å². The van der Waals surface area contributed by atoms with E-state index in [9.17, 15) is 36.6 Å². The molecule has 4 nitrogen and oxygen atoms in total. The van der Waals surface area contributed by atoms with Crippen LogP contribution in [0.25, 0.3) is 11.1 Å². The number of hydrogen-bond acceptors (Lipinski definition) is 4. The first-order valence-electron chi connectivity index (χ1n) is 6.83. The standard InChI is InChI=1S/C14H13F6NO3.Eu/c15-13(16,17)11(14(18,19)20)6-7(22)5-9(23)12-21-8-3-1-2-4-10(8)24-12;/h1-4,7,9,11,22-23H,5-6H2;. The molecule has 11 heteroatoms. The van der Waals surface area contributed by atoms with Crippen molar-refractivity contribution >= 4 is 11.1 Å². The van der Waals surface area contributed by atoms with Gasteiger partial charge in [0.15, 0.2) is 11.5 Å². The van der Waals surface area contributed by atoms with E-state index in [1.54, 1.807) is 18.2 Å². The Hall–Kier alpha value is -0.226. The summed E-state index contributed by atoms with van der Waals surface area (Å²) in [5, 5.41) is 19.4. The number of aliphatic hydroxyl groups is 2. The number of rotatable bonds is 5. The molecule has 1 heterocycles. The zero-order chi connectivity index (χ0) is 18.1. The maximum atomic E-state index is 12.5. The first-order chi connectivity index (χ1) is 11.0. The van der Waals surface area contributed by atoms with Crippen molar-refractivity contribution in [1.82, 2.24) is 4.98 Å². The van der Waals surface area contributed by atoms with Crippen LogP contribution in [0.1, 0.15) is 24.8 Å². The van der Waals surface area contributed by atoms with Crippen molar-refractivity contribution < 1.29 is 90.3 Å². The van der Waals surface area contributed by atoms with Crippen molar-refractivity contribution in [1.29, 1.82) is 0 Å². The molecule has 0 saturated heterocycles. The summed E-state index contributed by atoms with van der Waals surface area (Å²) in [6.07, 6.45) is -17.1. The summed E-state index contributed by atoms with van der Waals surface area (Å²) in [6, 6.07) is 6.33. The smallest absolute Gasteiger partial charge is 0.400 e. The number of benzene rings is 1. The molecule has 2 N–H and O–H groups in total. The molecule has 1 radical (unpaired) electrons. The van der Waals surface area contributed by atoms with Crippen molar-refractivity contribution in [3.63, 3.8) is 0 Å². The summed E-state index contributed by atoms with van der Waals surface area (Å²) in [5.41, 5.74) is 0.661. The van der Waals surface area contributed by atoms with Crippen molar-refractivity contribution in [3.05, 3.63) is 30.2 Å². The Labute approximate surface area is 178 Å². The Morgan fingerprint density at radius 3 is 2.04 bits per heavy atom. The van der Waals surface area contributed by atoms with Crippen LogP contribution in [0.2, 0.25) is 0 Å². The fraction of sp³-hybridized carbons (Fsp3) is 0.500. The topological polar surface area (TPSA) is 66.5 Å². The Bertz CT molecular complexity index is 640. The number of fused-ring (bicyclic) bond motifs is 1. The SMILES string of the molecule is OC(CC(O)c1nc2ccccc2o1)CC(C(F)(F)F)C(F)(F)F.[Eu]. The number of halogens is 6. The van der Waals surface area contributed by atoms with E-state index in [1.807, 2.05) is 0 Å². The van der Waals surface area contributed by atoms with E-state index < -0.39 is 43.3 Å². The first-order valence-corrected chi connectivity index (χ1v) is 6.83. The van der Waals surface area contributed by atoms with Crippen molar-refractivity contribution in [2.24, 2.45) is 5.92 Å². The molecule has 0 amide bonds. The Morgan fingerprint density at radius 1 is 0.960 bits per heavy atom. The molecule has 2 unspecified atom stereocenters. The van der Waals surface area contributed by atoms with Crippen LogP contribution in [0, 0.1) is 55.3 Å². The van der Waals surface area contributed by atoms with E-state index in [0.717, 1.165) is 0 Å². The van der Waals surface area contributed by atoms with E-state index in [0.29, 0.717) is 11.1 Å². The minimum atomic E-state index is -5.54. The van der Waals surface area contributed by atoms with E-state index in [4.69, 9.17) is 4.42 Å². The number of alkyl halides is 6. The van der Waals surface area contributed by atoms with Crippen LogP contribution >= 0.6 is 0 Å². The molecule has 0 aliphatic heterocycles. The summed E-state index contributed by atoms with van der Waals surface area (Å²) in [5.74, 6) is -3.96. The molecule has 1 aromatic carbocycles. The molecular formula is C14H13EuF6NO3. The molecule has 1 aromatic heterocycles. The maximum Gasteiger partial charge on any atom is 0.400 e. The number of nitrogens with zero attached hydrogens (tertiary/aromatic N) is 1. The fourth-order valence-corrected chi connectivity index (χ4v) is 2.21. The third-order valence-corrected chi connectivity index (χ3v) is 3.39. The third-order valence-electron chi connectivity index (χ3n) is 3.39. The first kappa shape index (κ1) is 22.8. The predicted molar refractivity (Wildman–Crippen MR) is 69.8 cm³/mol. The number of aliphatic hydroxyl groups excluding tert-OH is 2. The number of aromatic nitrogens is 1. The number of hydrogen-bond donors (Lipinski definition) is 2. The third kappa shape index (κ3) is 6.16. The second-order valence-corrected chi connectivity index (χ2v) is 5.30. The van der Waals surface area contributed by atoms with Gasteiger partial charge in [0.1, 0.15) is 11.6 Å². The molecule has 2 rings (SSSR count). The van der Waals surface area contributed by atoms with Crippen molar-refractivity contribution in [2.45, 2.75) is 37.4 Å². The molecule has 0 aliphatic rings. The Balaban J connectivity index is 0.00000312. The second-order valence-electron chi connectivity index (χ2n) is 5.30. The molecule has 2 aromatic rings. The van der Waals surface area contributed by atoms with Gasteiger partial charge >= 0.3 is 12.4 Å². The van der Waals surface area contributed by atoms with Crippen LogP contribution in [-0.4, -0.2) is 33.7 Å². The minimum Gasteiger partial charge on any atom is -0.438 e. The van der Waals surface area contributed by atoms with Gasteiger partial charge in [-0.3, -0.25) is 0 Å². The maximum absolute atomic E-state index is 12.5. The van der Waals surface area contributed by atoms with Crippen LogP contribution in [0.5, 0.6) is 0 Å². The van der Waals surface area contributed by atoms with E-state index in [2.05, 4.69) is 4.98 Å². The molecule has 0 fully saturated rings. The van der Waals surface area contributed by atoms with Crippen LogP contribution in [0.4, 0.5) is 26.3 Å². The normalized spacial score (nSPS) is 15.2. The molecule has 25 heavy (non-hydrogen) atoms. The summed E-state index contributed by atoms with van der Waals surface area (Å²) in [7, 11) is 0. The minimum absolute atomic E-state index is 0. The summed E-state index contributed by atoms with van der Waals surface area (Å²) in [4.78, 5) is 3.87. The largest absolute Gasteiger partial charge is 0.438 e. The number of para-hydroxylation sites is 2. The van der Waals surface area contributed by atoms with Crippen LogP contribution in [-0.2, 0) is 0 Å². The summed E-state index contributed by atoms with van der Waals surface area (Å²) >= 11 is 0. The average Bonchev–Trinajstić information content (AvgIpc) is 2.86. The monoisotopic (exact) mass is 510 g/mol. The van der Waals surface area contributed by atoms with Gasteiger partial charge in [-0.25, -0.2) is 4.98 Å². The second kappa shape index (κ2) is 8.64. The van der Waals surface area contributed by atoms with Gasteiger partial charge in [-0.05, 0) is 18.6 Å². The Kier molecular flexibility index (Phi) is 7.89. The van der Waals surface area contributed by atoms with Gasteiger partial charge < -0.3 is 14.6 Å². The van der Waals surface area contributed by atoms with E-state index in [-0.39, 0.29) is 55.3 Å². The molecule has 0 spiro atoms. The van der Waals surface area contributed by atoms with E-state index in [1.165, 1.54) is 6.07 Å². The van der Waals surface area contributed by atoms with Gasteiger partial charge in [-0.2, -0.15) is 26.3 Å². The van der Waals surface area contributed by atoms with Crippen LogP contribution in [0.3, 0.4) is 0 Å². The van der Waals surface area contributed by atoms with Gasteiger partial charge in [0.05, 0.1) is 6.10 Å². The summed E-state index contributed by atoms with van der Waals surface area (Å²) < 4.78 is 79.9. The Morgan fingerprint density at radius 2 is 1.52 bits per heavy atom. The van der Waals surface area contributed by atoms with Gasteiger partial charge in [-0.15, -0.1) is 0 Å². The zero-order valence-corrected chi connectivity index (χ0v) is 14.8. The fourth-order valence-electron chi connectivity index (χ4n) is 2.21. The molecule has 0 aliphatic carbocycles. The van der Waals surface area contributed by atoms with Gasteiger partial charge in [-0.1, -0.05) is 12.1 Å². The molecule has 0 bridgehead atoms. The van der Waals surface area contributed by atoms with Crippen LogP contribution < -0.4 is 0 Å². The van der Waals surface area contributed by atoms with Gasteiger partial charge in [0.2, 0.25) is 5.89 Å². The van der Waals surface area contributed by atoms with Crippen LogP contribution in [0.15, 0.2) is 28.7 Å². The molecule has 2 atom stereocenters. The van der Waals surface area contributed by atoms with Crippen molar-refractivity contribution in [2.75, 3.05) is 0 Å².